The summed E-state index contributed by atoms with van der Waals surface area (Å²) in [6.45, 7) is 33.2. The van der Waals surface area contributed by atoms with Gasteiger partial charge in [0.05, 0.1) is 11.2 Å². The quantitative estimate of drug-likeness (QED) is 0.163. The van der Waals surface area contributed by atoms with Crippen LogP contribution in [0.25, 0.3) is 11.1 Å². The van der Waals surface area contributed by atoms with Crippen molar-refractivity contribution in [2.75, 3.05) is 14.7 Å². The Morgan fingerprint density at radius 1 is 0.412 bits per heavy atom. The molecule has 68 heavy (non-hydrogen) atoms. The zero-order valence-electron chi connectivity index (χ0n) is 43.2. The minimum atomic E-state index is -0.101. The van der Waals surface area contributed by atoms with Crippen molar-refractivity contribution >= 4 is 68.6 Å². The Hall–Kier alpha value is -6.00. The van der Waals surface area contributed by atoms with Crippen LogP contribution in [0.5, 0.6) is 0 Å². The summed E-state index contributed by atoms with van der Waals surface area (Å²) in [6, 6.07) is 57.0. The number of anilines is 8. The lowest BCUT2D eigenvalue weighted by molar-refractivity contribution is 0.133. The van der Waals surface area contributed by atoms with E-state index >= 15 is 0 Å². The average molecular weight is 892 g/mol. The lowest BCUT2D eigenvalue weighted by Crippen LogP contribution is -2.62. The van der Waals surface area contributed by atoms with Gasteiger partial charge < -0.3 is 14.7 Å². The molecule has 0 aromatic heterocycles. The predicted octanol–water partition coefficient (Wildman–Crippen LogP) is 15.6. The molecule has 1 saturated carbocycles. The lowest BCUT2D eigenvalue weighted by atomic mass is 9.33. The topological polar surface area (TPSA) is 9.72 Å². The maximum absolute atomic E-state index is 2.77. The molecule has 0 bridgehead atoms. The van der Waals surface area contributed by atoms with Crippen LogP contribution in [0.2, 0.25) is 0 Å². The van der Waals surface area contributed by atoms with Crippen LogP contribution in [0.15, 0.2) is 146 Å². The normalized spacial score (nSPS) is 19.5. The second kappa shape index (κ2) is 14.8. The van der Waals surface area contributed by atoms with E-state index in [2.05, 4.69) is 257 Å². The summed E-state index contributed by atoms with van der Waals surface area (Å²) in [4.78, 5) is 8.06. The molecule has 2 unspecified atom stereocenters. The van der Waals surface area contributed by atoms with Gasteiger partial charge >= 0.3 is 0 Å². The van der Waals surface area contributed by atoms with Crippen LogP contribution in [0.3, 0.4) is 0 Å². The standard InChI is InChI=1S/C64H70BN3/c1-59(2,3)42-23-20-24-46(35-42)66-55-38-45(62(10,11)12)27-30-51(55)65-50-25-18-19-26-54(50)67(52-31-28-43(60(4,5)6)36-48(52)41-21-16-15-17-22-41)57-40-47(39-56(66)58(57)65)68-53-32-29-44(61(7,8)9)37-49(53)63(13)33-34-64(63,68)14/h15-32,35-40H,33-34H2,1-14H3. The minimum Gasteiger partial charge on any atom is -0.334 e. The molecule has 3 heterocycles. The highest BCUT2D eigenvalue weighted by Gasteiger charge is 2.63. The highest BCUT2D eigenvalue weighted by atomic mass is 15.3. The second-order valence-electron chi connectivity index (χ2n) is 25.2. The second-order valence-corrected chi connectivity index (χ2v) is 25.2. The molecule has 0 saturated heterocycles. The van der Waals surface area contributed by atoms with Gasteiger partial charge in [0.25, 0.3) is 6.71 Å². The third-order valence-corrected chi connectivity index (χ3v) is 16.7. The van der Waals surface area contributed by atoms with E-state index < -0.39 is 0 Å². The van der Waals surface area contributed by atoms with Crippen LogP contribution in [-0.2, 0) is 27.1 Å². The van der Waals surface area contributed by atoms with Crippen molar-refractivity contribution in [3.05, 3.63) is 173 Å². The first-order valence-electron chi connectivity index (χ1n) is 25.3. The summed E-state index contributed by atoms with van der Waals surface area (Å²) in [5.74, 6) is 0. The molecular weight excluding hydrogens is 822 g/mol. The zero-order chi connectivity index (χ0) is 48.1. The number of para-hydroxylation sites is 1. The highest BCUT2D eigenvalue weighted by Crippen LogP contribution is 2.66. The first-order valence-corrected chi connectivity index (χ1v) is 25.3. The zero-order valence-corrected chi connectivity index (χ0v) is 43.2. The van der Waals surface area contributed by atoms with Crippen molar-refractivity contribution < 1.29 is 0 Å². The number of rotatable bonds is 4. The van der Waals surface area contributed by atoms with E-state index in [0.717, 1.165) is 6.42 Å². The Balaban J connectivity index is 1.28. The minimum absolute atomic E-state index is 0.0176. The van der Waals surface area contributed by atoms with Crippen molar-refractivity contribution in [3.8, 4) is 11.1 Å². The SMILES string of the molecule is CC(C)(C)c1cccc(N2c3cc(C(C)(C)C)ccc3B3c4ccccc4N(c4ccc(C(C)(C)C)cc4-c4ccccc4)c4cc(N5c6ccc(C(C)(C)C)cc6C6(C)CCC56C)cc2c43)c1. The smallest absolute Gasteiger partial charge is 0.252 e. The van der Waals surface area contributed by atoms with E-state index in [1.807, 2.05) is 0 Å². The molecule has 1 aliphatic carbocycles. The van der Waals surface area contributed by atoms with Crippen molar-refractivity contribution in [2.45, 2.75) is 142 Å². The Bertz CT molecular complexity index is 3170. The molecule has 3 nitrogen and oxygen atoms in total. The van der Waals surface area contributed by atoms with Crippen LogP contribution < -0.4 is 31.1 Å². The fourth-order valence-corrected chi connectivity index (χ4v) is 12.2. The molecule has 4 aliphatic rings. The van der Waals surface area contributed by atoms with Crippen molar-refractivity contribution in [1.29, 1.82) is 0 Å². The fraction of sp³-hybridized carbons (Fsp3) is 0.344. The van der Waals surface area contributed by atoms with E-state index in [-0.39, 0.29) is 39.3 Å². The van der Waals surface area contributed by atoms with Crippen LogP contribution in [0.4, 0.5) is 45.5 Å². The van der Waals surface area contributed by atoms with Gasteiger partial charge in [-0.05, 0) is 146 Å². The Kier molecular flexibility index (Phi) is 9.66. The predicted molar refractivity (Wildman–Crippen MR) is 294 cm³/mol. The summed E-state index contributed by atoms with van der Waals surface area (Å²) < 4.78 is 0. The lowest BCUT2D eigenvalue weighted by Gasteiger charge is -2.56. The molecule has 0 amide bonds. The molecule has 0 N–H and O–H groups in total. The number of hydrogen-bond acceptors (Lipinski definition) is 3. The highest BCUT2D eigenvalue weighted by molar-refractivity contribution is 7.00. The number of benzene rings is 7. The molecule has 7 aromatic carbocycles. The molecule has 3 aliphatic heterocycles. The van der Waals surface area contributed by atoms with Crippen LogP contribution >= 0.6 is 0 Å². The van der Waals surface area contributed by atoms with Crippen LogP contribution in [-0.4, -0.2) is 12.3 Å². The summed E-state index contributed by atoms with van der Waals surface area (Å²) in [6.07, 6.45) is 2.31. The average Bonchev–Trinajstić information content (AvgIpc) is 3.42. The molecule has 4 heteroatoms. The van der Waals surface area contributed by atoms with E-state index in [0.29, 0.717) is 0 Å². The molecule has 0 spiro atoms. The first kappa shape index (κ1) is 44.5. The van der Waals surface area contributed by atoms with E-state index in [1.54, 1.807) is 0 Å². The first-order chi connectivity index (χ1) is 32.0. The van der Waals surface area contributed by atoms with Gasteiger partial charge in [0, 0.05) is 50.8 Å². The Morgan fingerprint density at radius 2 is 0.971 bits per heavy atom. The van der Waals surface area contributed by atoms with Gasteiger partial charge in [-0.1, -0.05) is 181 Å². The third kappa shape index (κ3) is 6.59. The Labute approximate surface area is 408 Å². The summed E-state index contributed by atoms with van der Waals surface area (Å²) in [5.41, 5.74) is 23.3. The maximum Gasteiger partial charge on any atom is 0.252 e. The van der Waals surface area contributed by atoms with Crippen LogP contribution in [0, 0.1) is 0 Å². The van der Waals surface area contributed by atoms with Gasteiger partial charge in [-0.3, -0.25) is 0 Å². The van der Waals surface area contributed by atoms with Gasteiger partial charge in [-0.2, -0.15) is 0 Å². The molecule has 344 valence electrons. The fourth-order valence-electron chi connectivity index (χ4n) is 12.2. The van der Waals surface area contributed by atoms with Gasteiger partial charge in [0.2, 0.25) is 0 Å². The third-order valence-electron chi connectivity index (χ3n) is 16.7. The van der Waals surface area contributed by atoms with Gasteiger partial charge in [0.15, 0.2) is 0 Å². The molecule has 1 fully saturated rings. The monoisotopic (exact) mass is 892 g/mol. The summed E-state index contributed by atoms with van der Waals surface area (Å²) >= 11 is 0. The number of nitrogens with zero attached hydrogens (tertiary/aromatic N) is 3. The van der Waals surface area contributed by atoms with E-state index in [9.17, 15) is 0 Å². The number of hydrogen-bond donors (Lipinski definition) is 0. The molecule has 0 radical (unpaired) electrons. The molecular formula is C64H70BN3. The summed E-state index contributed by atoms with van der Waals surface area (Å²) in [7, 11) is 0. The number of fused-ring (bicyclic) bond motifs is 7. The molecule has 2 atom stereocenters. The maximum atomic E-state index is 2.77. The van der Waals surface area contributed by atoms with Crippen molar-refractivity contribution in [3.63, 3.8) is 0 Å². The summed E-state index contributed by atoms with van der Waals surface area (Å²) in [5, 5.41) is 0. The van der Waals surface area contributed by atoms with Gasteiger partial charge in [0.1, 0.15) is 0 Å². The van der Waals surface area contributed by atoms with E-state index in [4.69, 9.17) is 0 Å². The van der Waals surface area contributed by atoms with Crippen molar-refractivity contribution in [2.24, 2.45) is 0 Å². The Morgan fingerprint density at radius 3 is 1.62 bits per heavy atom. The van der Waals surface area contributed by atoms with Gasteiger partial charge in [-0.25, -0.2) is 0 Å². The van der Waals surface area contributed by atoms with E-state index in [1.165, 1.54) is 107 Å². The largest absolute Gasteiger partial charge is 0.334 e. The molecule has 11 rings (SSSR count). The molecule has 7 aromatic rings. The van der Waals surface area contributed by atoms with Gasteiger partial charge in [-0.15, -0.1) is 0 Å². The van der Waals surface area contributed by atoms with Crippen molar-refractivity contribution in [1.82, 2.24) is 0 Å². The van der Waals surface area contributed by atoms with Crippen LogP contribution in [0.1, 0.15) is 138 Å².